The second-order valence-corrected chi connectivity index (χ2v) is 11.1. The molecule has 3 aromatic carbocycles. The van der Waals surface area contributed by atoms with Crippen molar-refractivity contribution in [3.63, 3.8) is 0 Å². The molecule has 0 aliphatic rings. The lowest BCUT2D eigenvalue weighted by molar-refractivity contribution is -0.0951. The molecule has 3 aromatic heterocycles. The minimum Gasteiger partial charge on any atom is -0.368 e. The van der Waals surface area contributed by atoms with Gasteiger partial charge in [0.05, 0.1) is 53.5 Å². The van der Waals surface area contributed by atoms with Gasteiger partial charge in [0.1, 0.15) is 0 Å². The van der Waals surface area contributed by atoms with Crippen LogP contribution in [0.25, 0.3) is 32.7 Å². The molecule has 3 atom stereocenters. The molecule has 0 spiro atoms. The van der Waals surface area contributed by atoms with Crippen LogP contribution in [0.3, 0.4) is 0 Å². The number of aliphatic hydroxyl groups is 3. The lowest BCUT2D eigenvalue weighted by Gasteiger charge is -2.26. The third kappa shape index (κ3) is 7.45. The van der Waals surface area contributed by atoms with Gasteiger partial charge < -0.3 is 34.4 Å². The average molecular weight is 621 g/mol. The van der Waals surface area contributed by atoms with E-state index in [9.17, 15) is 15.3 Å². The summed E-state index contributed by atoms with van der Waals surface area (Å²) in [6.07, 6.45) is -2.59. The monoisotopic (exact) mass is 620 g/mol. The van der Waals surface area contributed by atoms with Gasteiger partial charge in [-0.3, -0.25) is 15.0 Å². The van der Waals surface area contributed by atoms with Crippen LogP contribution >= 0.6 is 0 Å². The van der Waals surface area contributed by atoms with E-state index in [0.29, 0.717) is 0 Å². The molecule has 6 aromatic rings. The van der Waals surface area contributed by atoms with E-state index in [0.717, 1.165) is 66.9 Å². The van der Waals surface area contributed by atoms with Crippen molar-refractivity contribution in [2.75, 3.05) is 4.90 Å². The molecular weight excluding hydrogens is 584 g/mol. The molecular formula is C36H36N4O6. The van der Waals surface area contributed by atoms with Crippen molar-refractivity contribution in [2.24, 2.45) is 0 Å². The summed E-state index contributed by atoms with van der Waals surface area (Å²) < 4.78 is 16.0. The summed E-state index contributed by atoms with van der Waals surface area (Å²) in [6, 6.07) is 30.1. The number of pyridine rings is 3. The number of hydrogen-bond acceptors (Lipinski definition) is 10. The molecule has 0 radical (unpaired) electrons. The van der Waals surface area contributed by atoms with Crippen LogP contribution in [0.2, 0.25) is 0 Å². The lowest BCUT2D eigenvalue weighted by Crippen LogP contribution is -2.11. The SMILES string of the molecule is CC(O)OCc1ccc2cc(N(c3ccc4nc(COC(C)O)ccc4c3)c3ccc4nc(COC(C)O)ccc4c3)ccc2n1. The predicted molar refractivity (Wildman–Crippen MR) is 176 cm³/mol. The fourth-order valence-electron chi connectivity index (χ4n) is 5.19. The molecule has 0 fully saturated rings. The van der Waals surface area contributed by atoms with Crippen LogP contribution in [0.1, 0.15) is 37.9 Å². The van der Waals surface area contributed by atoms with E-state index in [2.05, 4.69) is 23.1 Å². The van der Waals surface area contributed by atoms with Gasteiger partial charge in [-0.25, -0.2) is 0 Å². The highest BCUT2D eigenvalue weighted by molar-refractivity contribution is 5.93. The number of hydrogen-bond donors (Lipinski definition) is 3. The fourth-order valence-corrected chi connectivity index (χ4v) is 5.19. The molecule has 3 unspecified atom stereocenters. The van der Waals surface area contributed by atoms with Crippen molar-refractivity contribution in [3.8, 4) is 0 Å². The molecule has 10 nitrogen and oxygen atoms in total. The molecule has 0 bridgehead atoms. The summed E-state index contributed by atoms with van der Waals surface area (Å²) in [5.41, 5.74) is 7.47. The van der Waals surface area contributed by atoms with E-state index >= 15 is 0 Å². The number of rotatable bonds is 12. The van der Waals surface area contributed by atoms with Crippen LogP contribution in [-0.4, -0.2) is 49.1 Å². The molecule has 3 heterocycles. The van der Waals surface area contributed by atoms with Crippen molar-refractivity contribution in [2.45, 2.75) is 59.5 Å². The summed E-state index contributed by atoms with van der Waals surface area (Å²) in [4.78, 5) is 16.3. The van der Waals surface area contributed by atoms with Crippen LogP contribution in [0.5, 0.6) is 0 Å². The Morgan fingerprint density at radius 2 is 0.783 bits per heavy atom. The van der Waals surface area contributed by atoms with Gasteiger partial charge in [0.25, 0.3) is 0 Å². The highest BCUT2D eigenvalue weighted by atomic mass is 16.6. The lowest BCUT2D eigenvalue weighted by atomic mass is 10.1. The molecule has 236 valence electrons. The minimum atomic E-state index is -0.865. The van der Waals surface area contributed by atoms with Crippen molar-refractivity contribution in [3.05, 3.63) is 108 Å². The van der Waals surface area contributed by atoms with Gasteiger partial charge in [0.2, 0.25) is 0 Å². The van der Waals surface area contributed by atoms with E-state index in [1.807, 2.05) is 72.8 Å². The first-order valence-corrected chi connectivity index (χ1v) is 15.1. The summed E-state index contributed by atoms with van der Waals surface area (Å²) in [7, 11) is 0. The number of aliphatic hydroxyl groups excluding tert-OH is 3. The number of benzene rings is 3. The Hall–Kier alpha value is -4.55. The number of nitrogens with zero attached hydrogens (tertiary/aromatic N) is 4. The highest BCUT2D eigenvalue weighted by Gasteiger charge is 2.16. The normalized spacial score (nSPS) is 13.7. The molecule has 46 heavy (non-hydrogen) atoms. The van der Waals surface area contributed by atoms with Gasteiger partial charge in [0.15, 0.2) is 18.9 Å². The molecule has 0 saturated heterocycles. The van der Waals surface area contributed by atoms with Gasteiger partial charge in [-0.05, 0) is 93.6 Å². The second-order valence-electron chi connectivity index (χ2n) is 11.1. The van der Waals surface area contributed by atoms with Crippen molar-refractivity contribution >= 4 is 49.8 Å². The van der Waals surface area contributed by atoms with E-state index in [1.165, 1.54) is 0 Å². The second kappa shape index (κ2) is 13.8. The Kier molecular flexibility index (Phi) is 9.46. The predicted octanol–water partition coefficient (Wildman–Crippen LogP) is 6.37. The Labute approximate surface area is 266 Å². The Morgan fingerprint density at radius 3 is 1.07 bits per heavy atom. The number of anilines is 3. The molecule has 0 amide bonds. The topological polar surface area (TPSA) is 130 Å². The maximum Gasteiger partial charge on any atom is 0.152 e. The Bertz CT molecular complexity index is 1750. The third-order valence-corrected chi connectivity index (χ3v) is 7.38. The van der Waals surface area contributed by atoms with Crippen LogP contribution in [0.4, 0.5) is 17.1 Å². The molecule has 0 aliphatic carbocycles. The molecule has 0 aliphatic heterocycles. The van der Waals surface area contributed by atoms with Gasteiger partial charge in [-0.1, -0.05) is 18.2 Å². The summed E-state index contributed by atoms with van der Waals surface area (Å²) in [5, 5.41) is 31.4. The van der Waals surface area contributed by atoms with E-state index in [-0.39, 0.29) is 19.8 Å². The van der Waals surface area contributed by atoms with Crippen LogP contribution < -0.4 is 4.90 Å². The smallest absolute Gasteiger partial charge is 0.152 e. The van der Waals surface area contributed by atoms with Gasteiger partial charge in [0, 0.05) is 33.2 Å². The summed E-state index contributed by atoms with van der Waals surface area (Å²) >= 11 is 0. The Balaban J connectivity index is 1.40. The van der Waals surface area contributed by atoms with Crippen molar-refractivity contribution < 1.29 is 29.5 Å². The van der Waals surface area contributed by atoms with E-state index in [1.54, 1.807) is 20.8 Å². The first-order valence-electron chi connectivity index (χ1n) is 15.1. The Morgan fingerprint density at radius 1 is 0.478 bits per heavy atom. The van der Waals surface area contributed by atoms with E-state index in [4.69, 9.17) is 29.2 Å². The first-order chi connectivity index (χ1) is 22.2. The van der Waals surface area contributed by atoms with Gasteiger partial charge in [-0.15, -0.1) is 0 Å². The summed E-state index contributed by atoms with van der Waals surface area (Å²) in [5.74, 6) is 0. The fraction of sp³-hybridized carbons (Fsp3) is 0.250. The first kappa shape index (κ1) is 31.4. The number of fused-ring (bicyclic) bond motifs is 3. The van der Waals surface area contributed by atoms with Gasteiger partial charge in [-0.2, -0.15) is 0 Å². The van der Waals surface area contributed by atoms with Crippen LogP contribution in [-0.2, 0) is 34.0 Å². The molecule has 10 heteroatoms. The largest absolute Gasteiger partial charge is 0.368 e. The maximum atomic E-state index is 9.50. The molecule has 3 N–H and O–H groups in total. The zero-order valence-electron chi connectivity index (χ0n) is 25.9. The standard InChI is InChI=1S/C36H36N4O6/c1-22(41)44-19-28-7-4-25-16-31(10-13-34(25)37-28)40(32-11-14-35-26(17-32)5-8-29(38-35)20-45-23(2)42)33-12-15-36-27(18-33)6-9-30(39-36)21-46-24(3)43/h4-18,22-24,41-43H,19-21H2,1-3H3. The van der Waals surface area contributed by atoms with Crippen LogP contribution in [0.15, 0.2) is 91.0 Å². The molecule has 0 saturated carbocycles. The van der Waals surface area contributed by atoms with Crippen LogP contribution in [0, 0.1) is 0 Å². The zero-order valence-corrected chi connectivity index (χ0v) is 25.9. The average Bonchev–Trinajstić information content (AvgIpc) is 3.05. The zero-order chi connectivity index (χ0) is 32.2. The maximum absolute atomic E-state index is 9.50. The number of ether oxygens (including phenoxy) is 3. The highest BCUT2D eigenvalue weighted by Crippen LogP contribution is 2.38. The van der Waals surface area contributed by atoms with Crippen molar-refractivity contribution in [1.29, 1.82) is 0 Å². The number of aromatic nitrogens is 3. The van der Waals surface area contributed by atoms with Crippen molar-refractivity contribution in [1.82, 2.24) is 15.0 Å². The van der Waals surface area contributed by atoms with E-state index < -0.39 is 18.9 Å². The quantitative estimate of drug-likeness (QED) is 0.133. The minimum absolute atomic E-state index is 0.220. The summed E-state index contributed by atoms with van der Waals surface area (Å²) in [6.45, 7) is 5.38. The third-order valence-electron chi connectivity index (χ3n) is 7.38. The molecule has 6 rings (SSSR count). The van der Waals surface area contributed by atoms with Gasteiger partial charge >= 0.3 is 0 Å².